The molecule has 1 aromatic heterocycles. The van der Waals surface area contributed by atoms with Gasteiger partial charge in [-0.1, -0.05) is 23.2 Å². The number of allylic oxidation sites excluding steroid dienone is 1. The van der Waals surface area contributed by atoms with Crippen molar-refractivity contribution in [1.82, 2.24) is 4.98 Å². The number of anilines is 1. The van der Waals surface area contributed by atoms with Gasteiger partial charge in [0, 0.05) is 27.7 Å². The summed E-state index contributed by atoms with van der Waals surface area (Å²) in [7, 11) is 0. The van der Waals surface area contributed by atoms with Crippen LogP contribution >= 0.6 is 23.2 Å². The third-order valence-corrected chi connectivity index (χ3v) is 5.86. The highest BCUT2D eigenvalue weighted by molar-refractivity contribution is 6.31. The molecule has 158 valence electrons. The smallest absolute Gasteiger partial charge is 0.255 e. The molecular formula is C22H17Cl2N3O4. The van der Waals surface area contributed by atoms with Gasteiger partial charge in [0.2, 0.25) is 6.79 Å². The molecule has 0 fully saturated rings. The van der Waals surface area contributed by atoms with E-state index in [-0.39, 0.29) is 17.9 Å². The number of hydrogen-bond donors (Lipinski definition) is 2. The number of benzene rings is 2. The third kappa shape index (κ3) is 3.54. The first-order chi connectivity index (χ1) is 14.9. The molecule has 31 heavy (non-hydrogen) atoms. The number of nitrogens with one attached hydrogen (secondary N) is 1. The van der Waals surface area contributed by atoms with E-state index in [0.29, 0.717) is 44.6 Å². The van der Waals surface area contributed by atoms with Gasteiger partial charge < -0.3 is 19.5 Å². The zero-order chi connectivity index (χ0) is 21.7. The van der Waals surface area contributed by atoms with Gasteiger partial charge in [-0.05, 0) is 43.3 Å². The lowest BCUT2D eigenvalue weighted by atomic mass is 9.90. The number of carbonyl (C=O) groups is 1. The summed E-state index contributed by atoms with van der Waals surface area (Å²) in [6.45, 7) is 1.86. The minimum Gasteiger partial charge on any atom is -0.479 e. The van der Waals surface area contributed by atoms with Crippen molar-refractivity contribution in [2.45, 2.75) is 19.1 Å². The van der Waals surface area contributed by atoms with Gasteiger partial charge in [-0.25, -0.2) is 4.98 Å². The minimum atomic E-state index is -0.781. The second kappa shape index (κ2) is 7.60. The van der Waals surface area contributed by atoms with Crippen molar-refractivity contribution in [1.29, 1.82) is 0 Å². The second-order valence-electron chi connectivity index (χ2n) is 7.26. The Morgan fingerprint density at radius 2 is 1.84 bits per heavy atom. The van der Waals surface area contributed by atoms with E-state index in [9.17, 15) is 4.79 Å². The van der Waals surface area contributed by atoms with Crippen molar-refractivity contribution in [2.75, 3.05) is 12.1 Å². The fourth-order valence-electron chi connectivity index (χ4n) is 3.86. The Morgan fingerprint density at radius 1 is 1.13 bits per heavy atom. The number of ether oxygens (including phenoxy) is 3. The number of carbonyl (C=O) groups excluding carboxylic acids is 1. The topological polar surface area (TPSA) is 95.7 Å². The molecule has 3 N–H and O–H groups in total. The number of halogens is 2. The number of amides is 1. The average Bonchev–Trinajstić information content (AvgIpc) is 3.30. The van der Waals surface area contributed by atoms with Crippen LogP contribution in [0.4, 0.5) is 5.69 Å². The fraction of sp³-hybridized carbons (Fsp3) is 0.182. The van der Waals surface area contributed by atoms with Crippen LogP contribution in [-0.4, -0.2) is 23.9 Å². The summed E-state index contributed by atoms with van der Waals surface area (Å²) in [5, 5.41) is 4.47. The van der Waals surface area contributed by atoms with E-state index >= 15 is 0 Å². The first-order valence-corrected chi connectivity index (χ1v) is 10.3. The fourth-order valence-corrected chi connectivity index (χ4v) is 4.25. The van der Waals surface area contributed by atoms with Crippen molar-refractivity contribution in [2.24, 2.45) is 5.73 Å². The van der Waals surface area contributed by atoms with Crippen LogP contribution in [0.1, 0.15) is 18.4 Å². The average molecular weight is 458 g/mol. The van der Waals surface area contributed by atoms with Gasteiger partial charge in [0.1, 0.15) is 10.9 Å². The molecule has 2 aliphatic heterocycles. The van der Waals surface area contributed by atoms with Crippen molar-refractivity contribution in [3.8, 4) is 11.5 Å². The van der Waals surface area contributed by atoms with E-state index in [1.165, 1.54) is 0 Å². The SMILES string of the molecule is CC1=C(C(=O)Nc2ccc(Cl)cc2)C(c2cc3cc4c(cc3nc2Cl)OCO4)C(N)O1. The molecule has 7 nitrogen and oxygen atoms in total. The summed E-state index contributed by atoms with van der Waals surface area (Å²) >= 11 is 12.5. The largest absolute Gasteiger partial charge is 0.479 e. The standard InChI is InChI=1S/C22H17Cl2N3O4/c1-10-18(22(28)26-13-4-2-12(23)3-5-13)19(21(25)31-10)14-6-11-7-16-17(30-9-29-16)8-15(11)27-20(14)24/h2-8,19,21H,9,25H2,1H3,(H,26,28). The van der Waals surface area contributed by atoms with E-state index < -0.39 is 12.1 Å². The van der Waals surface area contributed by atoms with E-state index in [1.807, 2.05) is 12.1 Å². The number of aromatic nitrogens is 1. The van der Waals surface area contributed by atoms with Crippen LogP contribution in [0.2, 0.25) is 10.2 Å². The molecule has 0 spiro atoms. The van der Waals surface area contributed by atoms with Gasteiger partial charge in [-0.15, -0.1) is 0 Å². The highest BCUT2D eigenvalue weighted by Crippen LogP contribution is 2.42. The zero-order valence-electron chi connectivity index (χ0n) is 16.3. The molecule has 9 heteroatoms. The van der Waals surface area contributed by atoms with Gasteiger partial charge >= 0.3 is 0 Å². The van der Waals surface area contributed by atoms with E-state index in [2.05, 4.69) is 10.3 Å². The van der Waals surface area contributed by atoms with Crippen molar-refractivity contribution < 1.29 is 19.0 Å². The number of fused-ring (bicyclic) bond motifs is 2. The third-order valence-electron chi connectivity index (χ3n) is 5.30. The summed E-state index contributed by atoms with van der Waals surface area (Å²) in [5.74, 6) is 0.748. The van der Waals surface area contributed by atoms with Crippen LogP contribution in [-0.2, 0) is 9.53 Å². The highest BCUT2D eigenvalue weighted by Gasteiger charge is 2.39. The monoisotopic (exact) mass is 457 g/mol. The van der Waals surface area contributed by atoms with E-state index in [1.54, 1.807) is 37.3 Å². The first-order valence-electron chi connectivity index (χ1n) is 9.50. The Balaban J connectivity index is 1.53. The summed E-state index contributed by atoms with van der Waals surface area (Å²) < 4.78 is 16.6. The van der Waals surface area contributed by atoms with Crippen LogP contribution in [0.3, 0.4) is 0 Å². The predicted octanol–water partition coefficient (Wildman–Crippen LogP) is 4.58. The maximum atomic E-state index is 13.1. The predicted molar refractivity (Wildman–Crippen MR) is 117 cm³/mol. The molecular weight excluding hydrogens is 441 g/mol. The molecule has 2 atom stereocenters. The van der Waals surface area contributed by atoms with Crippen molar-refractivity contribution in [3.63, 3.8) is 0 Å². The maximum Gasteiger partial charge on any atom is 0.255 e. The Hall–Kier alpha value is -3.00. The van der Waals surface area contributed by atoms with Crippen LogP contribution in [0.25, 0.3) is 10.9 Å². The first kappa shape index (κ1) is 19.9. The lowest BCUT2D eigenvalue weighted by Gasteiger charge is -2.19. The summed E-state index contributed by atoms with van der Waals surface area (Å²) in [4.78, 5) is 17.6. The molecule has 0 bridgehead atoms. The van der Waals surface area contributed by atoms with Gasteiger partial charge in [0.25, 0.3) is 5.91 Å². The zero-order valence-corrected chi connectivity index (χ0v) is 17.8. The van der Waals surface area contributed by atoms with Gasteiger partial charge in [0.05, 0.1) is 17.0 Å². The van der Waals surface area contributed by atoms with Gasteiger partial charge in [0.15, 0.2) is 17.7 Å². The van der Waals surface area contributed by atoms with Gasteiger partial charge in [-0.2, -0.15) is 0 Å². The molecule has 5 rings (SSSR count). The number of pyridine rings is 1. The Bertz CT molecular complexity index is 1240. The molecule has 2 aliphatic rings. The van der Waals surface area contributed by atoms with Gasteiger partial charge in [-0.3, -0.25) is 10.5 Å². The highest BCUT2D eigenvalue weighted by atomic mass is 35.5. The molecule has 0 radical (unpaired) electrons. The molecule has 0 saturated carbocycles. The number of rotatable bonds is 3. The maximum absolute atomic E-state index is 13.1. The molecule has 1 amide bonds. The molecule has 3 aromatic rings. The number of hydrogen-bond acceptors (Lipinski definition) is 6. The second-order valence-corrected chi connectivity index (χ2v) is 8.05. The van der Waals surface area contributed by atoms with Crippen molar-refractivity contribution in [3.05, 3.63) is 69.5 Å². The summed E-state index contributed by atoms with van der Waals surface area (Å²) in [6.07, 6.45) is -0.781. The molecule has 0 aliphatic carbocycles. The molecule has 2 unspecified atom stereocenters. The molecule has 3 heterocycles. The lowest BCUT2D eigenvalue weighted by Crippen LogP contribution is -2.30. The minimum absolute atomic E-state index is 0.157. The number of nitrogens with two attached hydrogens (primary N) is 1. The van der Waals surface area contributed by atoms with Crippen LogP contribution in [0.5, 0.6) is 11.5 Å². The number of nitrogens with zero attached hydrogens (tertiary/aromatic N) is 1. The van der Waals surface area contributed by atoms with Crippen molar-refractivity contribution >= 4 is 45.7 Å². The van der Waals surface area contributed by atoms with Crippen LogP contribution in [0, 0.1) is 0 Å². The summed E-state index contributed by atoms with van der Waals surface area (Å²) in [5.41, 5.74) is 8.50. The summed E-state index contributed by atoms with van der Waals surface area (Å²) in [6, 6.07) is 12.3. The quantitative estimate of drug-likeness (QED) is 0.558. The van der Waals surface area contributed by atoms with E-state index in [4.69, 9.17) is 43.1 Å². The molecule has 0 saturated heterocycles. The Kier molecular flexibility index (Phi) is 4.89. The Morgan fingerprint density at radius 3 is 2.58 bits per heavy atom. The van der Waals surface area contributed by atoms with E-state index in [0.717, 1.165) is 5.39 Å². The van der Waals surface area contributed by atoms with Crippen LogP contribution < -0.4 is 20.5 Å². The molecule has 2 aromatic carbocycles. The normalized spacial score (nSPS) is 19.6. The van der Waals surface area contributed by atoms with Crippen LogP contribution in [0.15, 0.2) is 53.8 Å². The Labute approximate surface area is 187 Å². The lowest BCUT2D eigenvalue weighted by molar-refractivity contribution is -0.113.